The van der Waals surface area contributed by atoms with E-state index in [1.165, 1.54) is 0 Å². The zero-order valence-corrected chi connectivity index (χ0v) is 12.2. The Kier molecular flexibility index (Phi) is 6.75. The molecule has 1 unspecified atom stereocenters. The van der Waals surface area contributed by atoms with E-state index in [9.17, 15) is 4.79 Å². The molecule has 1 aromatic rings. The summed E-state index contributed by atoms with van der Waals surface area (Å²) in [4.78, 5) is 11.9. The lowest BCUT2D eigenvalue weighted by atomic mass is 10.2. The van der Waals surface area contributed by atoms with Gasteiger partial charge in [-0.15, -0.1) is 0 Å². The number of carbonyl (C=O) groups excluding carboxylic acids is 1. The Hall–Kier alpha value is -1.07. The molecule has 0 aromatic heterocycles. The van der Waals surface area contributed by atoms with Crippen LogP contribution in [0.15, 0.2) is 24.3 Å². The Labute approximate surface area is 116 Å². The smallest absolute Gasteiger partial charge is 0.251 e. The van der Waals surface area contributed by atoms with Crippen LogP contribution in [0.3, 0.4) is 0 Å². The number of methoxy groups -OCH3 is 1. The van der Waals surface area contributed by atoms with Crippen LogP contribution in [0.4, 0.5) is 0 Å². The maximum absolute atomic E-state index is 11.9. The number of hydrogen-bond donors (Lipinski definition) is 1. The summed E-state index contributed by atoms with van der Waals surface area (Å²) >= 11 is 3.34. The molecule has 0 bridgehead atoms. The van der Waals surface area contributed by atoms with Crippen LogP contribution in [0.25, 0.3) is 0 Å². The van der Waals surface area contributed by atoms with Crippen molar-refractivity contribution in [2.24, 2.45) is 0 Å². The van der Waals surface area contributed by atoms with Crippen LogP contribution < -0.4 is 10.1 Å². The monoisotopic (exact) mass is 315 g/mol. The molecule has 4 nitrogen and oxygen atoms in total. The SMILES string of the molecule is CCOc1ccc(C(=O)NC(CBr)COC)cc1. The molecule has 0 spiro atoms. The van der Waals surface area contributed by atoms with E-state index in [1.807, 2.05) is 6.92 Å². The molecular weight excluding hydrogens is 298 g/mol. The quantitative estimate of drug-likeness (QED) is 0.785. The molecule has 100 valence electrons. The highest BCUT2D eigenvalue weighted by molar-refractivity contribution is 9.09. The van der Waals surface area contributed by atoms with Crippen molar-refractivity contribution in [3.8, 4) is 5.75 Å². The van der Waals surface area contributed by atoms with Crippen LogP contribution >= 0.6 is 15.9 Å². The predicted octanol–water partition coefficient (Wildman–Crippen LogP) is 2.22. The summed E-state index contributed by atoms with van der Waals surface area (Å²) in [6.07, 6.45) is 0. The van der Waals surface area contributed by atoms with Gasteiger partial charge in [0.1, 0.15) is 5.75 Å². The van der Waals surface area contributed by atoms with E-state index in [-0.39, 0.29) is 11.9 Å². The molecule has 0 aliphatic heterocycles. The first-order valence-corrected chi connectivity index (χ1v) is 6.92. The predicted molar refractivity (Wildman–Crippen MR) is 74.5 cm³/mol. The first-order valence-electron chi connectivity index (χ1n) is 5.79. The highest BCUT2D eigenvalue weighted by Crippen LogP contribution is 2.12. The molecule has 18 heavy (non-hydrogen) atoms. The number of rotatable bonds is 7. The zero-order chi connectivity index (χ0) is 13.4. The summed E-state index contributed by atoms with van der Waals surface area (Å²) in [6.45, 7) is 3.02. The highest BCUT2D eigenvalue weighted by Gasteiger charge is 2.12. The lowest BCUT2D eigenvalue weighted by molar-refractivity contribution is 0.0908. The number of benzene rings is 1. The van der Waals surface area contributed by atoms with Gasteiger partial charge in [0.05, 0.1) is 19.3 Å². The number of carbonyl (C=O) groups is 1. The van der Waals surface area contributed by atoms with Crippen LogP contribution in [0, 0.1) is 0 Å². The third-order valence-electron chi connectivity index (χ3n) is 2.32. The largest absolute Gasteiger partial charge is 0.494 e. The fourth-order valence-electron chi connectivity index (χ4n) is 1.46. The van der Waals surface area contributed by atoms with E-state index in [2.05, 4.69) is 21.2 Å². The number of hydrogen-bond acceptors (Lipinski definition) is 3. The molecule has 0 radical (unpaired) electrons. The number of ether oxygens (including phenoxy) is 2. The van der Waals surface area contributed by atoms with Crippen molar-refractivity contribution in [1.29, 1.82) is 0 Å². The van der Waals surface area contributed by atoms with E-state index in [0.717, 1.165) is 5.75 Å². The normalized spacial score (nSPS) is 11.9. The number of halogens is 1. The first kappa shape index (κ1) is 15.0. The Balaban J connectivity index is 2.60. The fourth-order valence-corrected chi connectivity index (χ4v) is 1.81. The van der Waals surface area contributed by atoms with Gasteiger partial charge in [0.2, 0.25) is 0 Å². The topological polar surface area (TPSA) is 47.6 Å². The van der Waals surface area contributed by atoms with Gasteiger partial charge in [-0.05, 0) is 31.2 Å². The van der Waals surface area contributed by atoms with Crippen molar-refractivity contribution in [2.45, 2.75) is 13.0 Å². The molecule has 0 heterocycles. The average Bonchev–Trinajstić information content (AvgIpc) is 2.39. The van der Waals surface area contributed by atoms with E-state index < -0.39 is 0 Å². The van der Waals surface area contributed by atoms with Crippen molar-refractivity contribution in [3.05, 3.63) is 29.8 Å². The van der Waals surface area contributed by atoms with Crippen molar-refractivity contribution in [1.82, 2.24) is 5.32 Å². The van der Waals surface area contributed by atoms with Gasteiger partial charge < -0.3 is 14.8 Å². The molecule has 0 saturated carbocycles. The Morgan fingerprint density at radius 1 is 1.39 bits per heavy atom. The Bertz CT molecular complexity index is 367. The summed E-state index contributed by atoms with van der Waals surface area (Å²) in [6, 6.07) is 7.04. The van der Waals surface area contributed by atoms with Crippen LogP contribution in [0.5, 0.6) is 5.75 Å². The van der Waals surface area contributed by atoms with Gasteiger partial charge in [0.25, 0.3) is 5.91 Å². The van der Waals surface area contributed by atoms with Crippen LogP contribution in [0.1, 0.15) is 17.3 Å². The summed E-state index contributed by atoms with van der Waals surface area (Å²) < 4.78 is 10.3. The summed E-state index contributed by atoms with van der Waals surface area (Å²) in [5.74, 6) is 0.655. The molecule has 0 fully saturated rings. The fraction of sp³-hybridized carbons (Fsp3) is 0.462. The molecule has 1 atom stereocenters. The minimum absolute atomic E-state index is 0.0333. The molecule has 1 aromatic carbocycles. The van der Waals surface area contributed by atoms with Gasteiger partial charge in [-0.2, -0.15) is 0 Å². The van der Waals surface area contributed by atoms with Crippen LogP contribution in [-0.2, 0) is 4.74 Å². The van der Waals surface area contributed by atoms with E-state index in [4.69, 9.17) is 9.47 Å². The molecule has 0 saturated heterocycles. The van der Waals surface area contributed by atoms with Gasteiger partial charge in [-0.1, -0.05) is 15.9 Å². The van der Waals surface area contributed by atoms with Gasteiger partial charge in [-0.25, -0.2) is 0 Å². The van der Waals surface area contributed by atoms with Gasteiger partial charge >= 0.3 is 0 Å². The lowest BCUT2D eigenvalue weighted by Crippen LogP contribution is -2.39. The summed E-state index contributed by atoms with van der Waals surface area (Å²) in [5.41, 5.74) is 0.612. The van der Waals surface area contributed by atoms with Crippen molar-refractivity contribution in [3.63, 3.8) is 0 Å². The standard InChI is InChI=1S/C13H18BrNO3/c1-3-18-12-6-4-10(5-7-12)13(16)15-11(8-14)9-17-2/h4-7,11H,3,8-9H2,1-2H3,(H,15,16). The maximum Gasteiger partial charge on any atom is 0.251 e. The Morgan fingerprint density at radius 3 is 2.56 bits per heavy atom. The average molecular weight is 316 g/mol. The summed E-state index contributed by atoms with van der Waals surface area (Å²) in [7, 11) is 1.61. The number of nitrogens with one attached hydrogen (secondary N) is 1. The minimum Gasteiger partial charge on any atom is -0.494 e. The number of amides is 1. The van der Waals surface area contributed by atoms with E-state index in [0.29, 0.717) is 24.1 Å². The van der Waals surface area contributed by atoms with Crippen molar-refractivity contribution in [2.75, 3.05) is 25.7 Å². The third-order valence-corrected chi connectivity index (χ3v) is 3.10. The number of alkyl halides is 1. The zero-order valence-electron chi connectivity index (χ0n) is 10.6. The van der Waals surface area contributed by atoms with Crippen molar-refractivity contribution < 1.29 is 14.3 Å². The first-order chi connectivity index (χ1) is 8.71. The molecule has 1 N–H and O–H groups in total. The van der Waals surface area contributed by atoms with Gasteiger partial charge in [-0.3, -0.25) is 4.79 Å². The van der Waals surface area contributed by atoms with Gasteiger partial charge in [0.15, 0.2) is 0 Å². The molecular formula is C13H18BrNO3. The molecule has 1 amide bonds. The maximum atomic E-state index is 11.9. The minimum atomic E-state index is -0.112. The van der Waals surface area contributed by atoms with Gasteiger partial charge in [0, 0.05) is 18.0 Å². The van der Waals surface area contributed by atoms with Crippen LogP contribution in [-0.4, -0.2) is 37.6 Å². The lowest BCUT2D eigenvalue weighted by Gasteiger charge is -2.15. The van der Waals surface area contributed by atoms with E-state index in [1.54, 1.807) is 31.4 Å². The Morgan fingerprint density at radius 2 is 2.06 bits per heavy atom. The van der Waals surface area contributed by atoms with Crippen LogP contribution in [0.2, 0.25) is 0 Å². The molecule has 1 rings (SSSR count). The second-order valence-electron chi connectivity index (χ2n) is 3.74. The summed E-state index contributed by atoms with van der Waals surface area (Å²) in [5, 5.41) is 3.54. The highest BCUT2D eigenvalue weighted by atomic mass is 79.9. The molecule has 0 aliphatic rings. The third kappa shape index (κ3) is 4.66. The van der Waals surface area contributed by atoms with Crippen molar-refractivity contribution >= 4 is 21.8 Å². The molecule has 5 heteroatoms. The van der Waals surface area contributed by atoms with E-state index >= 15 is 0 Å². The molecule has 0 aliphatic carbocycles. The second-order valence-corrected chi connectivity index (χ2v) is 4.38. The second kappa shape index (κ2) is 8.11.